The Labute approximate surface area is 126 Å². The molecule has 1 N–H and O–H groups in total. The highest BCUT2D eigenvalue weighted by molar-refractivity contribution is 5.98. The SMILES string of the molecule is CC(=O)N(CC(=O)NCCCN(C)C)c1ccccc1C. The standard InChI is InChI=1S/C16H25N3O2/c1-13-8-5-6-9-15(13)19(14(2)20)12-16(21)17-10-7-11-18(3)4/h5-6,8-9H,7,10-12H2,1-4H3,(H,17,21). The second-order valence-electron chi connectivity index (χ2n) is 5.40. The summed E-state index contributed by atoms with van der Waals surface area (Å²) in [5, 5.41) is 2.85. The minimum Gasteiger partial charge on any atom is -0.355 e. The molecule has 5 heteroatoms. The number of aryl methyl sites for hydroxylation is 1. The quantitative estimate of drug-likeness (QED) is 0.773. The van der Waals surface area contributed by atoms with Gasteiger partial charge in [0.25, 0.3) is 0 Å². The number of carbonyl (C=O) groups is 2. The Morgan fingerprint density at radius 3 is 2.43 bits per heavy atom. The smallest absolute Gasteiger partial charge is 0.240 e. The van der Waals surface area contributed by atoms with Gasteiger partial charge in [-0.05, 0) is 45.6 Å². The number of carbonyl (C=O) groups excluding carboxylic acids is 2. The molecule has 0 aliphatic heterocycles. The fourth-order valence-corrected chi connectivity index (χ4v) is 2.06. The molecule has 0 aliphatic rings. The zero-order chi connectivity index (χ0) is 15.8. The van der Waals surface area contributed by atoms with Crippen LogP contribution in [-0.2, 0) is 9.59 Å². The lowest BCUT2D eigenvalue weighted by Gasteiger charge is -2.22. The Morgan fingerprint density at radius 1 is 1.19 bits per heavy atom. The number of hydrogen-bond donors (Lipinski definition) is 1. The van der Waals surface area contributed by atoms with Crippen LogP contribution in [0.3, 0.4) is 0 Å². The van der Waals surface area contributed by atoms with E-state index in [2.05, 4.69) is 10.2 Å². The van der Waals surface area contributed by atoms with Gasteiger partial charge in [0.05, 0.1) is 0 Å². The van der Waals surface area contributed by atoms with Crippen LogP contribution in [0.25, 0.3) is 0 Å². The zero-order valence-corrected chi connectivity index (χ0v) is 13.3. The monoisotopic (exact) mass is 291 g/mol. The summed E-state index contributed by atoms with van der Waals surface area (Å²) in [5.74, 6) is -0.264. The summed E-state index contributed by atoms with van der Waals surface area (Å²) in [6, 6.07) is 7.57. The Kier molecular flexibility index (Phi) is 6.88. The fourth-order valence-electron chi connectivity index (χ4n) is 2.06. The van der Waals surface area contributed by atoms with E-state index in [1.807, 2.05) is 45.3 Å². The summed E-state index contributed by atoms with van der Waals surface area (Å²) in [5.41, 5.74) is 1.77. The molecule has 0 atom stereocenters. The molecule has 21 heavy (non-hydrogen) atoms. The van der Waals surface area contributed by atoms with Crippen molar-refractivity contribution < 1.29 is 9.59 Å². The predicted molar refractivity (Wildman–Crippen MR) is 85.4 cm³/mol. The summed E-state index contributed by atoms with van der Waals surface area (Å²) in [7, 11) is 4.00. The second-order valence-corrected chi connectivity index (χ2v) is 5.40. The third kappa shape index (κ3) is 5.95. The molecular formula is C16H25N3O2. The van der Waals surface area contributed by atoms with Gasteiger partial charge in [-0.1, -0.05) is 18.2 Å². The summed E-state index contributed by atoms with van der Waals surface area (Å²) in [6.45, 7) is 5.01. The minimum absolute atomic E-state index is 0.0577. The highest BCUT2D eigenvalue weighted by atomic mass is 16.2. The number of para-hydroxylation sites is 1. The summed E-state index contributed by atoms with van der Waals surface area (Å²) in [6.07, 6.45) is 0.892. The summed E-state index contributed by atoms with van der Waals surface area (Å²) >= 11 is 0. The van der Waals surface area contributed by atoms with Crippen molar-refractivity contribution in [3.63, 3.8) is 0 Å². The van der Waals surface area contributed by atoms with Crippen LogP contribution >= 0.6 is 0 Å². The van der Waals surface area contributed by atoms with Crippen LogP contribution in [0, 0.1) is 6.92 Å². The summed E-state index contributed by atoms with van der Waals surface area (Å²) < 4.78 is 0. The maximum atomic E-state index is 12.0. The van der Waals surface area contributed by atoms with Crippen molar-refractivity contribution in [1.29, 1.82) is 0 Å². The van der Waals surface area contributed by atoms with Crippen molar-refractivity contribution in [1.82, 2.24) is 10.2 Å². The van der Waals surface area contributed by atoms with Gasteiger partial charge >= 0.3 is 0 Å². The van der Waals surface area contributed by atoms with Crippen molar-refractivity contribution in [2.75, 3.05) is 38.6 Å². The zero-order valence-electron chi connectivity index (χ0n) is 13.3. The van der Waals surface area contributed by atoms with E-state index in [1.165, 1.54) is 11.8 Å². The van der Waals surface area contributed by atoms with Gasteiger partial charge in [0.1, 0.15) is 6.54 Å². The lowest BCUT2D eigenvalue weighted by molar-refractivity contribution is -0.123. The third-order valence-corrected chi connectivity index (χ3v) is 3.19. The largest absolute Gasteiger partial charge is 0.355 e. The van der Waals surface area contributed by atoms with E-state index in [1.54, 1.807) is 0 Å². The molecule has 0 fully saturated rings. The molecule has 0 saturated heterocycles. The van der Waals surface area contributed by atoms with Crippen LogP contribution in [0.2, 0.25) is 0 Å². The number of benzene rings is 1. The Hall–Kier alpha value is -1.88. The van der Waals surface area contributed by atoms with Gasteiger partial charge < -0.3 is 15.1 Å². The van der Waals surface area contributed by atoms with E-state index in [9.17, 15) is 9.59 Å². The maximum Gasteiger partial charge on any atom is 0.240 e. The molecule has 2 amide bonds. The Balaban J connectivity index is 2.58. The summed E-state index contributed by atoms with van der Waals surface area (Å²) in [4.78, 5) is 27.3. The molecule has 0 unspecified atom stereocenters. The van der Waals surface area contributed by atoms with Crippen molar-refractivity contribution in [3.05, 3.63) is 29.8 Å². The van der Waals surface area contributed by atoms with E-state index in [4.69, 9.17) is 0 Å². The molecule has 0 radical (unpaired) electrons. The fraction of sp³-hybridized carbons (Fsp3) is 0.500. The van der Waals surface area contributed by atoms with Crippen molar-refractivity contribution in [2.45, 2.75) is 20.3 Å². The molecule has 0 bridgehead atoms. The third-order valence-electron chi connectivity index (χ3n) is 3.19. The van der Waals surface area contributed by atoms with Gasteiger partial charge in [-0.3, -0.25) is 9.59 Å². The lowest BCUT2D eigenvalue weighted by Crippen LogP contribution is -2.40. The molecule has 0 saturated carbocycles. The van der Waals surface area contributed by atoms with E-state index >= 15 is 0 Å². The van der Waals surface area contributed by atoms with Gasteiger partial charge in [-0.25, -0.2) is 0 Å². The first-order valence-corrected chi connectivity index (χ1v) is 7.17. The van der Waals surface area contributed by atoms with Gasteiger partial charge in [0, 0.05) is 19.2 Å². The van der Waals surface area contributed by atoms with Crippen molar-refractivity contribution in [2.24, 2.45) is 0 Å². The van der Waals surface area contributed by atoms with Crippen LogP contribution in [0.4, 0.5) is 5.69 Å². The molecule has 5 nitrogen and oxygen atoms in total. The topological polar surface area (TPSA) is 52.7 Å². The normalized spacial score (nSPS) is 10.5. The molecule has 116 valence electrons. The average Bonchev–Trinajstić information content (AvgIpc) is 2.41. The molecule has 0 aromatic heterocycles. The Morgan fingerprint density at radius 2 is 1.86 bits per heavy atom. The van der Waals surface area contributed by atoms with Crippen LogP contribution < -0.4 is 10.2 Å². The molecule has 1 aromatic rings. The van der Waals surface area contributed by atoms with Crippen molar-refractivity contribution in [3.8, 4) is 0 Å². The minimum atomic E-state index is -0.132. The molecular weight excluding hydrogens is 266 g/mol. The van der Waals surface area contributed by atoms with E-state index in [-0.39, 0.29) is 18.4 Å². The number of amides is 2. The van der Waals surface area contributed by atoms with E-state index in [0.717, 1.165) is 24.2 Å². The first kappa shape index (κ1) is 17.2. The average molecular weight is 291 g/mol. The molecule has 0 heterocycles. The van der Waals surface area contributed by atoms with E-state index < -0.39 is 0 Å². The first-order valence-electron chi connectivity index (χ1n) is 7.17. The Bertz CT molecular complexity index is 486. The molecule has 1 rings (SSSR count). The number of nitrogens with one attached hydrogen (secondary N) is 1. The van der Waals surface area contributed by atoms with Gasteiger partial charge in [0.2, 0.25) is 11.8 Å². The molecule has 0 aliphatic carbocycles. The molecule has 0 spiro atoms. The number of anilines is 1. The van der Waals surface area contributed by atoms with Crippen LogP contribution in [0.5, 0.6) is 0 Å². The highest BCUT2D eigenvalue weighted by Crippen LogP contribution is 2.19. The maximum absolute atomic E-state index is 12.0. The van der Waals surface area contributed by atoms with E-state index in [0.29, 0.717) is 6.54 Å². The van der Waals surface area contributed by atoms with Gasteiger partial charge in [-0.2, -0.15) is 0 Å². The van der Waals surface area contributed by atoms with Crippen molar-refractivity contribution >= 4 is 17.5 Å². The first-order chi connectivity index (χ1) is 9.91. The second kappa shape index (κ2) is 8.42. The number of rotatable bonds is 7. The highest BCUT2D eigenvalue weighted by Gasteiger charge is 2.16. The predicted octanol–water partition coefficient (Wildman–Crippen LogP) is 1.42. The van der Waals surface area contributed by atoms with Gasteiger partial charge in [0.15, 0.2) is 0 Å². The molecule has 1 aromatic carbocycles. The van der Waals surface area contributed by atoms with Crippen LogP contribution in [0.15, 0.2) is 24.3 Å². The number of hydrogen-bond acceptors (Lipinski definition) is 3. The van der Waals surface area contributed by atoms with Crippen LogP contribution in [0.1, 0.15) is 18.9 Å². The van der Waals surface area contributed by atoms with Crippen LogP contribution in [-0.4, -0.2) is 50.4 Å². The number of nitrogens with zero attached hydrogens (tertiary/aromatic N) is 2. The lowest BCUT2D eigenvalue weighted by atomic mass is 10.2. The van der Waals surface area contributed by atoms with Gasteiger partial charge in [-0.15, -0.1) is 0 Å².